The topological polar surface area (TPSA) is 102 Å². The van der Waals surface area contributed by atoms with E-state index < -0.39 is 0 Å². The molecule has 0 aromatic carbocycles. The molecule has 0 aliphatic heterocycles. The second-order valence-corrected chi connectivity index (χ2v) is 5.24. The summed E-state index contributed by atoms with van der Waals surface area (Å²) in [6.45, 7) is 4.82. The molecule has 1 rings (SSSR count). The molecule has 0 bridgehead atoms. The van der Waals surface area contributed by atoms with Crippen molar-refractivity contribution in [2.45, 2.75) is 26.7 Å². The number of amides is 2. The van der Waals surface area contributed by atoms with Crippen LogP contribution in [-0.4, -0.2) is 29.9 Å². The summed E-state index contributed by atoms with van der Waals surface area (Å²) < 4.78 is 0. The lowest BCUT2D eigenvalue weighted by Gasteiger charge is -2.20. The van der Waals surface area contributed by atoms with E-state index in [-0.39, 0.29) is 24.7 Å². The Balaban J connectivity index is 2.75. The van der Waals surface area contributed by atoms with Gasteiger partial charge in [0.2, 0.25) is 11.8 Å². The molecule has 0 saturated carbocycles. The average molecular weight is 270 g/mol. The van der Waals surface area contributed by atoms with Crippen LogP contribution in [0.2, 0.25) is 0 Å². The largest absolute Gasteiger partial charge is 0.370 e. The lowest BCUT2D eigenvalue weighted by atomic mass is 10.3. The van der Waals surface area contributed by atoms with Crippen LogP contribution in [-0.2, 0) is 9.59 Å². The molecule has 0 fully saturated rings. The fourth-order valence-electron chi connectivity index (χ4n) is 1.38. The number of rotatable bonds is 7. The summed E-state index contributed by atoms with van der Waals surface area (Å²) >= 11 is 1.54. The van der Waals surface area contributed by atoms with E-state index in [1.165, 1.54) is 11.3 Å². The predicted octanol–water partition coefficient (Wildman–Crippen LogP) is 0.317. The third kappa shape index (κ3) is 4.33. The number of hydrogen-bond donors (Lipinski definition) is 2. The van der Waals surface area contributed by atoms with Crippen molar-refractivity contribution >= 4 is 28.3 Å². The molecule has 1 aromatic heterocycles. The van der Waals surface area contributed by atoms with E-state index in [1.807, 2.05) is 18.7 Å². The first-order valence-corrected chi connectivity index (χ1v) is 6.47. The highest BCUT2D eigenvalue weighted by molar-refractivity contribution is 7.15. The first kappa shape index (κ1) is 14.4. The summed E-state index contributed by atoms with van der Waals surface area (Å²) in [4.78, 5) is 29.1. The Morgan fingerprint density at radius 3 is 2.00 bits per heavy atom. The van der Waals surface area contributed by atoms with E-state index >= 15 is 0 Å². The number of hydrogen-bond acceptors (Lipinski definition) is 5. The van der Waals surface area contributed by atoms with Crippen LogP contribution in [0.3, 0.4) is 0 Å². The van der Waals surface area contributed by atoms with Gasteiger partial charge in [0.05, 0.1) is 5.69 Å². The zero-order chi connectivity index (χ0) is 13.7. The fourth-order valence-corrected chi connectivity index (χ4v) is 2.35. The van der Waals surface area contributed by atoms with E-state index in [2.05, 4.69) is 4.98 Å². The van der Waals surface area contributed by atoms with Gasteiger partial charge in [-0.15, -0.1) is 11.3 Å². The number of aromatic nitrogens is 1. The van der Waals surface area contributed by atoms with Crippen molar-refractivity contribution in [1.29, 1.82) is 0 Å². The molecule has 0 atom stereocenters. The van der Waals surface area contributed by atoms with E-state index in [0.29, 0.717) is 13.1 Å². The van der Waals surface area contributed by atoms with Crippen molar-refractivity contribution < 1.29 is 9.59 Å². The van der Waals surface area contributed by atoms with Crippen molar-refractivity contribution in [3.8, 4) is 0 Å². The Morgan fingerprint density at radius 1 is 1.17 bits per heavy atom. The van der Waals surface area contributed by atoms with E-state index in [0.717, 1.165) is 15.7 Å². The molecule has 0 radical (unpaired) electrons. The van der Waals surface area contributed by atoms with E-state index in [4.69, 9.17) is 11.5 Å². The predicted molar refractivity (Wildman–Crippen MR) is 71.4 cm³/mol. The summed E-state index contributed by atoms with van der Waals surface area (Å²) in [5.74, 6) is -0.742. The van der Waals surface area contributed by atoms with Gasteiger partial charge in [-0.2, -0.15) is 0 Å². The minimum Gasteiger partial charge on any atom is -0.370 e. The van der Waals surface area contributed by atoms with Gasteiger partial charge in [0.15, 0.2) is 5.13 Å². The lowest BCUT2D eigenvalue weighted by molar-refractivity contribution is -0.118. The maximum absolute atomic E-state index is 10.8. The van der Waals surface area contributed by atoms with Gasteiger partial charge in [-0.25, -0.2) is 4.98 Å². The van der Waals surface area contributed by atoms with Crippen LogP contribution < -0.4 is 16.4 Å². The number of aryl methyl sites for hydroxylation is 2. The van der Waals surface area contributed by atoms with Gasteiger partial charge in [0.25, 0.3) is 0 Å². The molecule has 100 valence electrons. The average Bonchev–Trinajstić information content (AvgIpc) is 2.58. The highest BCUT2D eigenvalue weighted by Crippen LogP contribution is 2.25. The molecule has 6 nitrogen and oxygen atoms in total. The zero-order valence-corrected chi connectivity index (χ0v) is 11.4. The van der Waals surface area contributed by atoms with Gasteiger partial charge in [-0.05, 0) is 13.8 Å². The second-order valence-electron chi connectivity index (χ2n) is 4.06. The molecule has 4 N–H and O–H groups in total. The van der Waals surface area contributed by atoms with Crippen LogP contribution in [0.1, 0.15) is 23.4 Å². The Bertz CT molecular complexity index is 407. The molecule has 7 heteroatoms. The van der Waals surface area contributed by atoms with Gasteiger partial charge in [-0.3, -0.25) is 9.59 Å². The number of carbonyl (C=O) groups excluding carboxylic acids is 2. The molecule has 0 aliphatic rings. The molecule has 0 aliphatic carbocycles. The van der Waals surface area contributed by atoms with Gasteiger partial charge in [0, 0.05) is 30.8 Å². The van der Waals surface area contributed by atoms with Crippen molar-refractivity contribution in [1.82, 2.24) is 4.98 Å². The molecule has 18 heavy (non-hydrogen) atoms. The van der Waals surface area contributed by atoms with Gasteiger partial charge >= 0.3 is 0 Å². The molecule has 0 unspecified atom stereocenters. The highest BCUT2D eigenvalue weighted by atomic mass is 32.1. The van der Waals surface area contributed by atoms with Gasteiger partial charge in [0.1, 0.15) is 0 Å². The molecule has 1 heterocycles. The Labute approximate surface area is 110 Å². The Kier molecular flexibility index (Phi) is 5.08. The summed E-state index contributed by atoms with van der Waals surface area (Å²) in [6.07, 6.45) is 0.465. The van der Waals surface area contributed by atoms with Crippen molar-refractivity contribution in [2.24, 2.45) is 11.5 Å². The first-order chi connectivity index (χ1) is 8.40. The third-order valence-electron chi connectivity index (χ3n) is 2.54. The molecule has 2 amide bonds. The van der Waals surface area contributed by atoms with Gasteiger partial charge in [-0.1, -0.05) is 0 Å². The van der Waals surface area contributed by atoms with Crippen LogP contribution in [0, 0.1) is 13.8 Å². The number of anilines is 1. The zero-order valence-electron chi connectivity index (χ0n) is 10.6. The van der Waals surface area contributed by atoms with Crippen molar-refractivity contribution in [2.75, 3.05) is 18.0 Å². The quantitative estimate of drug-likeness (QED) is 0.744. The Hall–Kier alpha value is -1.63. The lowest BCUT2D eigenvalue weighted by Crippen LogP contribution is -2.31. The number of carbonyl (C=O) groups is 2. The summed E-state index contributed by atoms with van der Waals surface area (Å²) in [5, 5.41) is 0.799. The highest BCUT2D eigenvalue weighted by Gasteiger charge is 2.14. The minimum atomic E-state index is -0.371. The van der Waals surface area contributed by atoms with Crippen LogP contribution >= 0.6 is 11.3 Å². The third-order valence-corrected chi connectivity index (χ3v) is 3.68. The SMILES string of the molecule is Cc1nc(N(CCC(N)=O)CCC(N)=O)sc1C. The number of nitrogens with two attached hydrogens (primary N) is 2. The Morgan fingerprint density at radius 2 is 1.67 bits per heavy atom. The monoisotopic (exact) mass is 270 g/mol. The van der Waals surface area contributed by atoms with Crippen molar-refractivity contribution in [3.05, 3.63) is 10.6 Å². The fraction of sp³-hybridized carbons (Fsp3) is 0.545. The first-order valence-electron chi connectivity index (χ1n) is 5.65. The summed E-state index contributed by atoms with van der Waals surface area (Å²) in [6, 6.07) is 0. The number of nitrogens with zero attached hydrogens (tertiary/aromatic N) is 2. The molecular weight excluding hydrogens is 252 g/mol. The number of thiazole rings is 1. The maximum Gasteiger partial charge on any atom is 0.219 e. The summed E-state index contributed by atoms with van der Waals surface area (Å²) in [7, 11) is 0. The molecule has 0 spiro atoms. The van der Waals surface area contributed by atoms with E-state index in [1.54, 1.807) is 0 Å². The van der Waals surface area contributed by atoms with E-state index in [9.17, 15) is 9.59 Å². The van der Waals surface area contributed by atoms with Crippen LogP contribution in [0.5, 0.6) is 0 Å². The van der Waals surface area contributed by atoms with Gasteiger partial charge < -0.3 is 16.4 Å². The molecular formula is C11H18N4O2S. The normalized spacial score (nSPS) is 10.3. The smallest absolute Gasteiger partial charge is 0.219 e. The van der Waals surface area contributed by atoms with Crippen molar-refractivity contribution in [3.63, 3.8) is 0 Å². The van der Waals surface area contributed by atoms with Crippen LogP contribution in [0.4, 0.5) is 5.13 Å². The second kappa shape index (κ2) is 6.34. The molecule has 0 saturated heterocycles. The standard InChI is InChI=1S/C11H18N4O2S/c1-7-8(2)18-11(14-7)15(5-3-9(12)16)6-4-10(13)17/h3-6H2,1-2H3,(H2,12,16)(H2,13,17). The summed E-state index contributed by atoms with van der Waals surface area (Å²) in [5.41, 5.74) is 11.2. The van der Waals surface area contributed by atoms with Crippen LogP contribution in [0.15, 0.2) is 0 Å². The maximum atomic E-state index is 10.8. The number of primary amides is 2. The van der Waals surface area contributed by atoms with Crippen LogP contribution in [0.25, 0.3) is 0 Å². The minimum absolute atomic E-state index is 0.233. The molecule has 1 aromatic rings.